The summed E-state index contributed by atoms with van der Waals surface area (Å²) in [5.41, 5.74) is 1.47. The first kappa shape index (κ1) is 17.2. The molecule has 1 rings (SSSR count). The molecule has 5 nitrogen and oxygen atoms in total. The Balaban J connectivity index is 2.25. The molecule has 0 saturated heterocycles. The number of nitrogens with one attached hydrogen (secondary N) is 2. The van der Waals surface area contributed by atoms with Crippen LogP contribution in [0.2, 0.25) is 0 Å². The molecule has 116 valence electrons. The van der Waals surface area contributed by atoms with Crippen molar-refractivity contribution in [1.29, 1.82) is 0 Å². The number of aliphatic hydroxyl groups excluding tert-OH is 1. The van der Waals surface area contributed by atoms with Crippen molar-refractivity contribution in [2.75, 3.05) is 13.1 Å². The molecule has 0 unspecified atom stereocenters. The molecule has 0 heterocycles. The van der Waals surface area contributed by atoms with E-state index in [1.54, 1.807) is 20.8 Å². The van der Waals surface area contributed by atoms with Crippen LogP contribution >= 0.6 is 0 Å². The number of carbonyl (C=O) groups is 2. The molecule has 3 N–H and O–H groups in total. The highest BCUT2D eigenvalue weighted by Gasteiger charge is 2.21. The van der Waals surface area contributed by atoms with Gasteiger partial charge in [-0.2, -0.15) is 0 Å². The maximum absolute atomic E-state index is 11.6. The van der Waals surface area contributed by atoms with Crippen molar-refractivity contribution in [2.45, 2.75) is 33.8 Å². The Morgan fingerprint density at radius 1 is 1.05 bits per heavy atom. The maximum Gasteiger partial charge on any atom is 0.239 e. The second-order valence-corrected chi connectivity index (χ2v) is 6.01. The van der Waals surface area contributed by atoms with Crippen molar-refractivity contribution in [1.82, 2.24) is 10.6 Å². The largest absolute Gasteiger partial charge is 0.392 e. The summed E-state index contributed by atoms with van der Waals surface area (Å²) in [6.45, 7) is 5.95. The molecule has 0 saturated carbocycles. The minimum atomic E-state index is -0.491. The first-order chi connectivity index (χ1) is 9.82. The predicted octanol–water partition coefficient (Wildman–Crippen LogP) is 1.000. The number of aliphatic hydroxyl groups is 1. The van der Waals surface area contributed by atoms with Gasteiger partial charge in [0, 0.05) is 12.0 Å². The lowest BCUT2D eigenvalue weighted by Gasteiger charge is -2.17. The quantitative estimate of drug-likeness (QED) is 0.732. The number of benzene rings is 1. The molecule has 0 radical (unpaired) electrons. The highest BCUT2D eigenvalue weighted by Crippen LogP contribution is 2.11. The number of carbonyl (C=O) groups excluding carboxylic acids is 2. The second kappa shape index (κ2) is 7.78. The zero-order valence-electron chi connectivity index (χ0n) is 12.9. The first-order valence-electron chi connectivity index (χ1n) is 7.06. The van der Waals surface area contributed by atoms with Gasteiger partial charge in [0.1, 0.15) is 0 Å². The SMILES string of the molecule is CC(C)(C)C(=O)NCC(=O)NCCc1ccc(CO)cc1. The molecule has 2 amide bonds. The van der Waals surface area contributed by atoms with E-state index in [1.165, 1.54) is 0 Å². The van der Waals surface area contributed by atoms with Crippen LogP contribution < -0.4 is 10.6 Å². The molecule has 0 spiro atoms. The van der Waals surface area contributed by atoms with E-state index in [4.69, 9.17) is 5.11 Å². The minimum absolute atomic E-state index is 0.000443. The average Bonchev–Trinajstić information content (AvgIpc) is 2.44. The van der Waals surface area contributed by atoms with Crippen LogP contribution in [0, 0.1) is 5.41 Å². The van der Waals surface area contributed by atoms with Gasteiger partial charge < -0.3 is 15.7 Å². The molecular weight excluding hydrogens is 268 g/mol. The molecular formula is C16H24N2O3. The summed E-state index contributed by atoms with van der Waals surface area (Å²) in [5, 5.41) is 14.3. The summed E-state index contributed by atoms with van der Waals surface area (Å²) in [4.78, 5) is 23.2. The molecule has 0 aliphatic heterocycles. The van der Waals surface area contributed by atoms with Gasteiger partial charge in [0.25, 0.3) is 0 Å². The summed E-state index contributed by atoms with van der Waals surface area (Å²) in [6.07, 6.45) is 0.713. The van der Waals surface area contributed by atoms with E-state index in [1.807, 2.05) is 24.3 Å². The standard InChI is InChI=1S/C16H24N2O3/c1-16(2,3)15(21)18-10-14(20)17-9-8-12-4-6-13(11-19)7-5-12/h4-7,19H,8-11H2,1-3H3,(H,17,20)(H,18,21). The lowest BCUT2D eigenvalue weighted by Crippen LogP contribution is -2.42. The first-order valence-corrected chi connectivity index (χ1v) is 7.06. The molecule has 0 aromatic heterocycles. The van der Waals surface area contributed by atoms with Crippen LogP contribution in [0.3, 0.4) is 0 Å². The molecule has 0 fully saturated rings. The van der Waals surface area contributed by atoms with Gasteiger partial charge in [-0.05, 0) is 17.5 Å². The van der Waals surface area contributed by atoms with Crippen molar-refractivity contribution in [2.24, 2.45) is 5.41 Å². The molecule has 0 aliphatic rings. The monoisotopic (exact) mass is 292 g/mol. The molecule has 21 heavy (non-hydrogen) atoms. The van der Waals surface area contributed by atoms with Crippen molar-refractivity contribution in [3.8, 4) is 0 Å². The van der Waals surface area contributed by atoms with Crippen LogP contribution in [-0.2, 0) is 22.6 Å². The zero-order chi connectivity index (χ0) is 15.9. The van der Waals surface area contributed by atoms with Crippen LogP contribution in [0.25, 0.3) is 0 Å². The lowest BCUT2D eigenvalue weighted by atomic mass is 9.96. The Bertz CT molecular complexity index is 475. The van der Waals surface area contributed by atoms with Gasteiger partial charge in [-0.15, -0.1) is 0 Å². The summed E-state index contributed by atoms with van der Waals surface area (Å²) in [5.74, 6) is -0.336. The van der Waals surface area contributed by atoms with Crippen LogP contribution in [0.1, 0.15) is 31.9 Å². The van der Waals surface area contributed by atoms with E-state index in [0.29, 0.717) is 13.0 Å². The fourth-order valence-electron chi connectivity index (χ4n) is 1.65. The second-order valence-electron chi connectivity index (χ2n) is 6.01. The molecule has 0 bridgehead atoms. The third kappa shape index (κ3) is 6.40. The number of rotatable bonds is 6. The third-order valence-electron chi connectivity index (χ3n) is 3.03. The summed E-state index contributed by atoms with van der Waals surface area (Å²) >= 11 is 0. The van der Waals surface area contributed by atoms with E-state index < -0.39 is 5.41 Å². The molecule has 0 atom stereocenters. The van der Waals surface area contributed by atoms with E-state index in [0.717, 1.165) is 11.1 Å². The minimum Gasteiger partial charge on any atom is -0.392 e. The smallest absolute Gasteiger partial charge is 0.239 e. The topological polar surface area (TPSA) is 78.4 Å². The molecule has 1 aromatic carbocycles. The highest BCUT2D eigenvalue weighted by atomic mass is 16.3. The van der Waals surface area contributed by atoms with Crippen LogP contribution in [0.4, 0.5) is 0 Å². The summed E-state index contributed by atoms with van der Waals surface area (Å²) < 4.78 is 0. The van der Waals surface area contributed by atoms with Crippen molar-refractivity contribution in [3.63, 3.8) is 0 Å². The Kier molecular flexibility index (Phi) is 6.37. The molecule has 5 heteroatoms. The normalized spacial score (nSPS) is 11.0. The van der Waals surface area contributed by atoms with Gasteiger partial charge in [-0.3, -0.25) is 9.59 Å². The van der Waals surface area contributed by atoms with E-state index in [9.17, 15) is 9.59 Å². The number of amides is 2. The van der Waals surface area contributed by atoms with E-state index >= 15 is 0 Å². The Labute approximate surface area is 125 Å². The fourth-order valence-corrected chi connectivity index (χ4v) is 1.65. The van der Waals surface area contributed by atoms with Crippen molar-refractivity contribution < 1.29 is 14.7 Å². The van der Waals surface area contributed by atoms with Gasteiger partial charge in [0.15, 0.2) is 0 Å². The van der Waals surface area contributed by atoms with Gasteiger partial charge in [-0.25, -0.2) is 0 Å². The fraction of sp³-hybridized carbons (Fsp3) is 0.500. The number of hydrogen-bond acceptors (Lipinski definition) is 3. The summed E-state index contributed by atoms with van der Waals surface area (Å²) in [7, 11) is 0. The Morgan fingerprint density at radius 2 is 1.62 bits per heavy atom. The van der Waals surface area contributed by atoms with E-state index in [-0.39, 0.29) is 25.0 Å². The number of hydrogen-bond donors (Lipinski definition) is 3. The Hall–Kier alpha value is -1.88. The lowest BCUT2D eigenvalue weighted by molar-refractivity contribution is -0.131. The zero-order valence-corrected chi connectivity index (χ0v) is 12.9. The van der Waals surface area contributed by atoms with Gasteiger partial charge >= 0.3 is 0 Å². The van der Waals surface area contributed by atoms with Gasteiger partial charge in [0.05, 0.1) is 13.2 Å². The van der Waals surface area contributed by atoms with Crippen LogP contribution in [-0.4, -0.2) is 30.0 Å². The highest BCUT2D eigenvalue weighted by molar-refractivity contribution is 5.87. The van der Waals surface area contributed by atoms with E-state index in [2.05, 4.69) is 10.6 Å². The molecule has 0 aliphatic carbocycles. The van der Waals surface area contributed by atoms with Crippen LogP contribution in [0.15, 0.2) is 24.3 Å². The maximum atomic E-state index is 11.6. The predicted molar refractivity (Wildman–Crippen MR) is 81.5 cm³/mol. The molecule has 1 aromatic rings. The van der Waals surface area contributed by atoms with Gasteiger partial charge in [-0.1, -0.05) is 45.0 Å². The van der Waals surface area contributed by atoms with Crippen molar-refractivity contribution in [3.05, 3.63) is 35.4 Å². The van der Waals surface area contributed by atoms with Crippen LogP contribution in [0.5, 0.6) is 0 Å². The van der Waals surface area contributed by atoms with Crippen molar-refractivity contribution >= 4 is 11.8 Å². The average molecular weight is 292 g/mol. The van der Waals surface area contributed by atoms with Gasteiger partial charge in [0.2, 0.25) is 11.8 Å². The Morgan fingerprint density at radius 3 is 2.14 bits per heavy atom. The third-order valence-corrected chi connectivity index (χ3v) is 3.03. The summed E-state index contributed by atoms with van der Waals surface area (Å²) in [6, 6.07) is 7.58.